The Labute approximate surface area is 75.1 Å². The summed E-state index contributed by atoms with van der Waals surface area (Å²) in [6.07, 6.45) is 5.62. The van der Waals surface area contributed by atoms with Crippen LogP contribution in [0.1, 0.15) is 32.6 Å². The molecule has 1 saturated carbocycles. The highest BCUT2D eigenvalue weighted by Gasteiger charge is 2.31. The standard InChI is InChI=1S/C10H20N2/c1-8-4-5-12(11)7-9-2-3-10(8)6-9/h8-10H,2-7,11H2,1H3. The zero-order valence-electron chi connectivity index (χ0n) is 8.00. The second-order valence-electron chi connectivity index (χ2n) is 4.70. The topological polar surface area (TPSA) is 29.3 Å². The third-order valence-electron chi connectivity index (χ3n) is 3.75. The number of hydrazine groups is 1. The summed E-state index contributed by atoms with van der Waals surface area (Å²) < 4.78 is 0. The molecule has 0 aromatic rings. The fourth-order valence-corrected chi connectivity index (χ4v) is 2.82. The van der Waals surface area contributed by atoms with Gasteiger partial charge < -0.3 is 0 Å². The summed E-state index contributed by atoms with van der Waals surface area (Å²) in [5, 5.41) is 2.03. The number of hydrogen-bond donors (Lipinski definition) is 1. The third kappa shape index (κ3) is 1.64. The van der Waals surface area contributed by atoms with Crippen LogP contribution in [0.2, 0.25) is 0 Å². The molecule has 0 spiro atoms. The Morgan fingerprint density at radius 1 is 1.25 bits per heavy atom. The van der Waals surface area contributed by atoms with Crippen molar-refractivity contribution < 1.29 is 0 Å². The fourth-order valence-electron chi connectivity index (χ4n) is 2.82. The van der Waals surface area contributed by atoms with E-state index in [1.807, 2.05) is 5.01 Å². The minimum atomic E-state index is 0.904. The molecule has 1 saturated heterocycles. The molecule has 2 nitrogen and oxygen atoms in total. The molecule has 3 atom stereocenters. The first kappa shape index (κ1) is 8.52. The van der Waals surface area contributed by atoms with Gasteiger partial charge in [0.15, 0.2) is 0 Å². The van der Waals surface area contributed by atoms with Gasteiger partial charge in [-0.05, 0) is 43.4 Å². The van der Waals surface area contributed by atoms with Gasteiger partial charge in [-0.2, -0.15) is 0 Å². The minimum Gasteiger partial charge on any atom is -0.269 e. The Bertz CT molecular complexity index is 158. The molecule has 1 aliphatic carbocycles. The highest BCUT2D eigenvalue weighted by atomic mass is 15.4. The zero-order chi connectivity index (χ0) is 8.55. The monoisotopic (exact) mass is 168 g/mol. The molecule has 1 heterocycles. The van der Waals surface area contributed by atoms with Gasteiger partial charge in [-0.1, -0.05) is 6.92 Å². The molecule has 0 aromatic carbocycles. The van der Waals surface area contributed by atoms with Crippen molar-refractivity contribution in [1.82, 2.24) is 5.01 Å². The quantitative estimate of drug-likeness (QED) is 0.557. The van der Waals surface area contributed by atoms with E-state index >= 15 is 0 Å². The van der Waals surface area contributed by atoms with Crippen LogP contribution in [-0.4, -0.2) is 18.1 Å². The van der Waals surface area contributed by atoms with Gasteiger partial charge >= 0.3 is 0 Å². The lowest BCUT2D eigenvalue weighted by Crippen LogP contribution is -2.38. The maximum atomic E-state index is 5.88. The Hall–Kier alpha value is -0.0800. The predicted octanol–water partition coefficient (Wildman–Crippen LogP) is 1.62. The smallest absolute Gasteiger partial charge is 0.0157 e. The zero-order valence-corrected chi connectivity index (χ0v) is 8.00. The van der Waals surface area contributed by atoms with Gasteiger partial charge in [-0.25, -0.2) is 5.01 Å². The largest absolute Gasteiger partial charge is 0.269 e. The average Bonchev–Trinajstić information content (AvgIpc) is 2.47. The molecule has 2 aliphatic rings. The predicted molar refractivity (Wildman–Crippen MR) is 50.4 cm³/mol. The molecule has 0 aromatic heterocycles. The Balaban J connectivity index is 2.00. The molecule has 2 fully saturated rings. The maximum absolute atomic E-state index is 5.88. The molecule has 2 N–H and O–H groups in total. The molecule has 3 unspecified atom stereocenters. The molecule has 2 rings (SSSR count). The minimum absolute atomic E-state index is 0.904. The van der Waals surface area contributed by atoms with Crippen molar-refractivity contribution in [3.05, 3.63) is 0 Å². The average molecular weight is 168 g/mol. The van der Waals surface area contributed by atoms with Crippen molar-refractivity contribution >= 4 is 0 Å². The van der Waals surface area contributed by atoms with E-state index in [4.69, 9.17) is 5.84 Å². The normalized spacial score (nSPS) is 44.0. The van der Waals surface area contributed by atoms with Crippen LogP contribution in [0.15, 0.2) is 0 Å². The van der Waals surface area contributed by atoms with Crippen molar-refractivity contribution in [3.8, 4) is 0 Å². The van der Waals surface area contributed by atoms with E-state index in [2.05, 4.69) is 6.92 Å². The lowest BCUT2D eigenvalue weighted by atomic mass is 9.88. The van der Waals surface area contributed by atoms with Crippen LogP contribution < -0.4 is 5.84 Å². The van der Waals surface area contributed by atoms with Crippen molar-refractivity contribution in [2.24, 2.45) is 23.6 Å². The summed E-state index contributed by atoms with van der Waals surface area (Å²) in [4.78, 5) is 0. The van der Waals surface area contributed by atoms with E-state index in [1.165, 1.54) is 25.7 Å². The lowest BCUT2D eigenvalue weighted by molar-refractivity contribution is 0.183. The van der Waals surface area contributed by atoms with Crippen molar-refractivity contribution in [2.75, 3.05) is 13.1 Å². The Kier molecular flexibility index (Phi) is 2.37. The Morgan fingerprint density at radius 2 is 2.08 bits per heavy atom. The van der Waals surface area contributed by atoms with Crippen LogP contribution in [0, 0.1) is 17.8 Å². The summed E-state index contributed by atoms with van der Waals surface area (Å²) in [5.74, 6) is 8.71. The van der Waals surface area contributed by atoms with Crippen LogP contribution in [0.25, 0.3) is 0 Å². The molecule has 1 aliphatic heterocycles. The second kappa shape index (κ2) is 3.35. The molecular formula is C10H20N2. The van der Waals surface area contributed by atoms with E-state index in [0.29, 0.717) is 0 Å². The first-order valence-corrected chi connectivity index (χ1v) is 5.25. The summed E-state index contributed by atoms with van der Waals surface area (Å²) in [7, 11) is 0. The number of nitrogens with two attached hydrogens (primary N) is 1. The van der Waals surface area contributed by atoms with Gasteiger partial charge in [0.05, 0.1) is 0 Å². The van der Waals surface area contributed by atoms with Crippen LogP contribution in [-0.2, 0) is 0 Å². The van der Waals surface area contributed by atoms with E-state index in [-0.39, 0.29) is 0 Å². The second-order valence-corrected chi connectivity index (χ2v) is 4.70. The van der Waals surface area contributed by atoms with Gasteiger partial charge in [-0.15, -0.1) is 0 Å². The highest BCUT2D eigenvalue weighted by Crippen LogP contribution is 2.38. The van der Waals surface area contributed by atoms with Crippen molar-refractivity contribution in [2.45, 2.75) is 32.6 Å². The van der Waals surface area contributed by atoms with E-state index in [1.54, 1.807) is 0 Å². The van der Waals surface area contributed by atoms with Crippen LogP contribution in [0.5, 0.6) is 0 Å². The van der Waals surface area contributed by atoms with Gasteiger partial charge in [0.2, 0.25) is 0 Å². The molecule has 12 heavy (non-hydrogen) atoms. The first-order chi connectivity index (χ1) is 5.75. The van der Waals surface area contributed by atoms with E-state index in [0.717, 1.165) is 30.8 Å². The molecule has 70 valence electrons. The molecule has 2 heteroatoms. The summed E-state index contributed by atoms with van der Waals surface area (Å²) >= 11 is 0. The number of rotatable bonds is 0. The van der Waals surface area contributed by atoms with Gasteiger partial charge in [0.25, 0.3) is 0 Å². The number of hydrogen-bond acceptors (Lipinski definition) is 2. The molecule has 2 bridgehead atoms. The van der Waals surface area contributed by atoms with Crippen LogP contribution in [0.4, 0.5) is 0 Å². The SMILES string of the molecule is CC1CCN(N)CC2CCC1C2. The van der Waals surface area contributed by atoms with Crippen LogP contribution in [0.3, 0.4) is 0 Å². The summed E-state index contributed by atoms with van der Waals surface area (Å²) in [6, 6.07) is 0. The molecule has 0 radical (unpaired) electrons. The number of nitrogens with zero attached hydrogens (tertiary/aromatic N) is 1. The summed E-state index contributed by atoms with van der Waals surface area (Å²) in [5.41, 5.74) is 0. The van der Waals surface area contributed by atoms with E-state index < -0.39 is 0 Å². The third-order valence-corrected chi connectivity index (χ3v) is 3.75. The fraction of sp³-hybridized carbons (Fsp3) is 1.00. The lowest BCUT2D eigenvalue weighted by Gasteiger charge is -2.27. The van der Waals surface area contributed by atoms with Crippen LogP contribution >= 0.6 is 0 Å². The van der Waals surface area contributed by atoms with Gasteiger partial charge in [0, 0.05) is 13.1 Å². The molecule has 0 amide bonds. The molecular weight excluding hydrogens is 148 g/mol. The van der Waals surface area contributed by atoms with E-state index in [9.17, 15) is 0 Å². The van der Waals surface area contributed by atoms with Gasteiger partial charge in [-0.3, -0.25) is 5.84 Å². The maximum Gasteiger partial charge on any atom is 0.0157 e. The first-order valence-electron chi connectivity index (χ1n) is 5.25. The van der Waals surface area contributed by atoms with Crippen molar-refractivity contribution in [1.29, 1.82) is 0 Å². The van der Waals surface area contributed by atoms with Crippen molar-refractivity contribution in [3.63, 3.8) is 0 Å². The summed E-state index contributed by atoms with van der Waals surface area (Å²) in [6.45, 7) is 4.64. The number of fused-ring (bicyclic) bond motifs is 2. The highest BCUT2D eigenvalue weighted by molar-refractivity contribution is 4.82. The Morgan fingerprint density at radius 3 is 2.92 bits per heavy atom. The van der Waals surface area contributed by atoms with Gasteiger partial charge in [0.1, 0.15) is 0 Å².